The second kappa shape index (κ2) is 10.8. The van der Waals surface area contributed by atoms with Gasteiger partial charge < -0.3 is 24.2 Å². The van der Waals surface area contributed by atoms with Gasteiger partial charge in [-0.2, -0.15) is 0 Å². The molecule has 1 atom stereocenters. The van der Waals surface area contributed by atoms with Gasteiger partial charge in [-0.3, -0.25) is 9.59 Å². The van der Waals surface area contributed by atoms with Crippen LogP contribution in [-0.2, 0) is 16.1 Å². The molecule has 1 fully saturated rings. The summed E-state index contributed by atoms with van der Waals surface area (Å²) in [5, 5.41) is 11.4. The van der Waals surface area contributed by atoms with Gasteiger partial charge in [-0.15, -0.1) is 0 Å². The van der Waals surface area contributed by atoms with Gasteiger partial charge >= 0.3 is 0 Å². The largest absolute Gasteiger partial charge is 0.507 e. The van der Waals surface area contributed by atoms with E-state index in [9.17, 15) is 14.7 Å². The normalized spacial score (nSPS) is 18.2. The third-order valence-electron chi connectivity index (χ3n) is 6.49. The third kappa shape index (κ3) is 5.03. The van der Waals surface area contributed by atoms with Crippen molar-refractivity contribution in [2.75, 3.05) is 19.8 Å². The summed E-state index contributed by atoms with van der Waals surface area (Å²) in [5.41, 5.74) is 1.97. The molecule has 7 nitrogen and oxygen atoms in total. The molecule has 2 aliphatic heterocycles. The quantitative estimate of drug-likeness (QED) is 0.197. The number of rotatable bonds is 8. The maximum absolute atomic E-state index is 13.4. The minimum absolute atomic E-state index is 0.0308. The van der Waals surface area contributed by atoms with Crippen molar-refractivity contribution in [2.45, 2.75) is 32.4 Å². The highest BCUT2D eigenvalue weighted by atomic mass is 16.6. The van der Waals surface area contributed by atoms with E-state index in [1.54, 1.807) is 18.2 Å². The van der Waals surface area contributed by atoms with E-state index in [0.29, 0.717) is 48.2 Å². The van der Waals surface area contributed by atoms with Crippen molar-refractivity contribution in [3.63, 3.8) is 0 Å². The number of nitrogens with zero attached hydrogens (tertiary/aromatic N) is 1. The average molecular weight is 500 g/mol. The Morgan fingerprint density at radius 2 is 1.76 bits per heavy atom. The molecule has 2 aliphatic rings. The molecule has 190 valence electrons. The number of hydrogen-bond acceptors (Lipinski definition) is 6. The number of carbonyl (C=O) groups excluding carboxylic acids is 2. The SMILES string of the molecule is CCCCOc1cccc(C2/C(=C(/O)c3ccc4c(c3)OCCO4)C(=O)C(=O)N2Cc2ccccc2)c1. The molecule has 1 unspecified atom stereocenters. The van der Waals surface area contributed by atoms with Gasteiger partial charge in [0.25, 0.3) is 11.7 Å². The highest BCUT2D eigenvalue weighted by Gasteiger charge is 2.46. The fourth-order valence-corrected chi connectivity index (χ4v) is 4.62. The Hall–Kier alpha value is -4.26. The number of ketones is 1. The Bertz CT molecular complexity index is 1330. The van der Waals surface area contributed by atoms with E-state index in [4.69, 9.17) is 14.2 Å². The summed E-state index contributed by atoms with van der Waals surface area (Å²) in [6, 6.07) is 21.0. The fourth-order valence-electron chi connectivity index (χ4n) is 4.62. The lowest BCUT2D eigenvalue weighted by Gasteiger charge is -2.26. The monoisotopic (exact) mass is 499 g/mol. The second-order valence-corrected chi connectivity index (χ2v) is 9.05. The number of Topliss-reactive ketones (excluding diaryl/α,β-unsaturated/α-hetero) is 1. The average Bonchev–Trinajstić information content (AvgIpc) is 3.18. The highest BCUT2D eigenvalue weighted by molar-refractivity contribution is 6.46. The summed E-state index contributed by atoms with van der Waals surface area (Å²) in [6.45, 7) is 3.72. The number of unbranched alkanes of at least 4 members (excludes halogenated alkanes) is 1. The van der Waals surface area contributed by atoms with Crippen LogP contribution < -0.4 is 14.2 Å². The Kier molecular flexibility index (Phi) is 7.12. The molecule has 7 heteroatoms. The zero-order chi connectivity index (χ0) is 25.8. The summed E-state index contributed by atoms with van der Waals surface area (Å²) in [4.78, 5) is 28.2. The van der Waals surface area contributed by atoms with Crippen LogP contribution in [0.5, 0.6) is 17.2 Å². The fraction of sp³-hybridized carbons (Fsp3) is 0.267. The number of aliphatic hydroxyl groups is 1. The van der Waals surface area contributed by atoms with Crippen LogP contribution in [0, 0.1) is 0 Å². The molecular formula is C30H29NO6. The van der Waals surface area contributed by atoms with Crippen LogP contribution in [-0.4, -0.2) is 41.5 Å². The van der Waals surface area contributed by atoms with Crippen LogP contribution in [0.1, 0.15) is 42.5 Å². The highest BCUT2D eigenvalue weighted by Crippen LogP contribution is 2.42. The number of hydrogen-bond donors (Lipinski definition) is 1. The van der Waals surface area contributed by atoms with Crippen LogP contribution in [0.4, 0.5) is 0 Å². The summed E-state index contributed by atoms with van der Waals surface area (Å²) >= 11 is 0. The molecule has 0 aliphatic carbocycles. The number of benzene rings is 3. The summed E-state index contributed by atoms with van der Waals surface area (Å²) in [5.74, 6) is 0.0529. The number of ether oxygens (including phenoxy) is 3. The number of aliphatic hydroxyl groups excluding tert-OH is 1. The zero-order valence-electron chi connectivity index (χ0n) is 20.7. The third-order valence-corrected chi connectivity index (χ3v) is 6.49. The number of amides is 1. The second-order valence-electron chi connectivity index (χ2n) is 9.05. The summed E-state index contributed by atoms with van der Waals surface area (Å²) in [7, 11) is 0. The smallest absolute Gasteiger partial charge is 0.295 e. The first-order chi connectivity index (χ1) is 18.1. The van der Waals surface area contributed by atoms with E-state index in [1.165, 1.54) is 4.90 Å². The van der Waals surface area contributed by atoms with Gasteiger partial charge in [-0.1, -0.05) is 55.8 Å². The summed E-state index contributed by atoms with van der Waals surface area (Å²) in [6.07, 6.45) is 1.92. The van der Waals surface area contributed by atoms with Gasteiger partial charge in [-0.05, 0) is 47.9 Å². The predicted octanol–water partition coefficient (Wildman–Crippen LogP) is 5.26. The molecule has 5 rings (SSSR count). The van der Waals surface area contributed by atoms with Crippen molar-refractivity contribution in [2.24, 2.45) is 0 Å². The van der Waals surface area contributed by atoms with E-state index in [2.05, 4.69) is 6.92 Å². The molecule has 1 saturated heterocycles. The molecule has 2 heterocycles. The zero-order valence-corrected chi connectivity index (χ0v) is 20.7. The van der Waals surface area contributed by atoms with Crippen molar-refractivity contribution >= 4 is 17.4 Å². The molecule has 3 aromatic rings. The molecule has 0 saturated carbocycles. The van der Waals surface area contributed by atoms with Gasteiger partial charge in [0.15, 0.2) is 11.5 Å². The van der Waals surface area contributed by atoms with E-state index in [0.717, 1.165) is 18.4 Å². The van der Waals surface area contributed by atoms with Crippen molar-refractivity contribution in [1.29, 1.82) is 0 Å². The van der Waals surface area contributed by atoms with Crippen molar-refractivity contribution < 1.29 is 28.9 Å². The Morgan fingerprint density at radius 3 is 2.54 bits per heavy atom. The molecule has 3 aromatic carbocycles. The number of likely N-dealkylation sites (tertiary alicyclic amines) is 1. The predicted molar refractivity (Wildman–Crippen MR) is 139 cm³/mol. The number of fused-ring (bicyclic) bond motifs is 1. The van der Waals surface area contributed by atoms with Crippen molar-refractivity contribution in [1.82, 2.24) is 4.90 Å². The van der Waals surface area contributed by atoms with E-state index >= 15 is 0 Å². The van der Waals surface area contributed by atoms with E-state index in [1.807, 2.05) is 54.6 Å². The van der Waals surface area contributed by atoms with E-state index < -0.39 is 17.7 Å². The van der Waals surface area contributed by atoms with Crippen LogP contribution in [0.15, 0.2) is 78.4 Å². The minimum atomic E-state index is -0.789. The van der Waals surface area contributed by atoms with Gasteiger partial charge in [0.05, 0.1) is 18.2 Å². The molecule has 0 spiro atoms. The van der Waals surface area contributed by atoms with Crippen molar-refractivity contribution in [3.8, 4) is 17.2 Å². The minimum Gasteiger partial charge on any atom is -0.507 e. The maximum atomic E-state index is 13.4. The lowest BCUT2D eigenvalue weighted by atomic mass is 9.94. The van der Waals surface area contributed by atoms with Gasteiger partial charge in [0, 0.05) is 12.1 Å². The molecule has 0 radical (unpaired) electrons. The van der Waals surface area contributed by atoms with E-state index in [-0.39, 0.29) is 17.9 Å². The first kappa shape index (κ1) is 24.4. The van der Waals surface area contributed by atoms with Crippen LogP contribution in [0.2, 0.25) is 0 Å². The lowest BCUT2D eigenvalue weighted by molar-refractivity contribution is -0.140. The lowest BCUT2D eigenvalue weighted by Crippen LogP contribution is -2.29. The van der Waals surface area contributed by atoms with Crippen LogP contribution in [0.25, 0.3) is 5.76 Å². The van der Waals surface area contributed by atoms with Crippen LogP contribution >= 0.6 is 0 Å². The Morgan fingerprint density at radius 1 is 0.973 bits per heavy atom. The molecule has 0 bridgehead atoms. The van der Waals surface area contributed by atoms with Crippen molar-refractivity contribution in [3.05, 3.63) is 95.1 Å². The number of carbonyl (C=O) groups is 2. The first-order valence-electron chi connectivity index (χ1n) is 12.5. The topological polar surface area (TPSA) is 85.3 Å². The Labute approximate surface area is 215 Å². The molecular weight excluding hydrogens is 470 g/mol. The molecule has 1 amide bonds. The molecule has 0 aromatic heterocycles. The first-order valence-corrected chi connectivity index (χ1v) is 12.5. The van der Waals surface area contributed by atoms with Crippen LogP contribution in [0.3, 0.4) is 0 Å². The van der Waals surface area contributed by atoms with Gasteiger partial charge in [0.1, 0.15) is 24.7 Å². The standard InChI is InChI=1S/C30H29NO6/c1-2-3-14-35-23-11-7-10-21(17-23)27-26(28(32)22-12-13-24-25(18-22)37-16-15-36-24)29(33)30(34)31(27)19-20-8-5-4-6-9-20/h4-13,17-18,27,32H,2-3,14-16,19H2,1H3/b28-26-. The summed E-state index contributed by atoms with van der Waals surface area (Å²) < 4.78 is 17.1. The molecule has 37 heavy (non-hydrogen) atoms. The molecule has 1 N–H and O–H groups in total. The Balaban J connectivity index is 1.59. The maximum Gasteiger partial charge on any atom is 0.295 e. The van der Waals surface area contributed by atoms with Gasteiger partial charge in [-0.25, -0.2) is 0 Å². The van der Waals surface area contributed by atoms with Gasteiger partial charge in [0.2, 0.25) is 0 Å².